The summed E-state index contributed by atoms with van der Waals surface area (Å²) in [6, 6.07) is 18.5. The summed E-state index contributed by atoms with van der Waals surface area (Å²) in [6.07, 6.45) is 1.36. The largest absolute Gasteiger partial charge is 0.339 e. The van der Waals surface area contributed by atoms with Crippen molar-refractivity contribution in [2.45, 2.75) is 0 Å². The predicted molar refractivity (Wildman–Crippen MR) is 93.9 cm³/mol. The van der Waals surface area contributed by atoms with E-state index in [-0.39, 0.29) is 5.91 Å². The van der Waals surface area contributed by atoms with Gasteiger partial charge in [0.1, 0.15) is 17.8 Å². The zero-order valence-corrected chi connectivity index (χ0v) is 13.6. The number of hydrogen-bond acceptors (Lipinski definition) is 4. The summed E-state index contributed by atoms with van der Waals surface area (Å²) in [7, 11) is 0. The lowest BCUT2D eigenvalue weighted by molar-refractivity contribution is 0.102. The Morgan fingerprint density at radius 3 is 2.48 bits per heavy atom. The second-order valence-corrected chi connectivity index (χ2v) is 5.57. The Hall–Kier alpha value is -2.73. The first-order valence-electron chi connectivity index (χ1n) is 6.92. The summed E-state index contributed by atoms with van der Waals surface area (Å²) in [6.45, 7) is 0. The lowest BCUT2D eigenvalue weighted by atomic mass is 10.3. The third kappa shape index (κ3) is 3.92. The minimum Gasteiger partial charge on any atom is -0.339 e. The van der Waals surface area contributed by atoms with Gasteiger partial charge in [0.2, 0.25) is 0 Å². The molecule has 1 amide bonds. The van der Waals surface area contributed by atoms with E-state index in [1.54, 1.807) is 6.07 Å². The maximum Gasteiger partial charge on any atom is 0.274 e. The molecule has 0 saturated carbocycles. The summed E-state index contributed by atoms with van der Waals surface area (Å²) in [5.74, 6) is 0.263. The van der Waals surface area contributed by atoms with Crippen molar-refractivity contribution in [1.82, 2.24) is 9.97 Å². The standard InChI is InChI=1S/C17H13BrN4O/c18-13-8-4-5-9-14(13)22-16-10-15(19-11-20-16)17(23)21-12-6-2-1-3-7-12/h1-11H,(H,21,23)(H,19,20,22). The van der Waals surface area contributed by atoms with Crippen molar-refractivity contribution in [2.24, 2.45) is 0 Å². The number of benzene rings is 2. The minimum absolute atomic E-state index is 0.284. The average molecular weight is 369 g/mol. The summed E-state index contributed by atoms with van der Waals surface area (Å²) in [5.41, 5.74) is 1.87. The van der Waals surface area contributed by atoms with Crippen molar-refractivity contribution in [2.75, 3.05) is 10.6 Å². The van der Waals surface area contributed by atoms with Crippen LogP contribution in [0.4, 0.5) is 17.2 Å². The quantitative estimate of drug-likeness (QED) is 0.722. The number of anilines is 3. The molecule has 1 aromatic heterocycles. The van der Waals surface area contributed by atoms with Crippen molar-refractivity contribution in [3.05, 3.63) is 77.2 Å². The van der Waals surface area contributed by atoms with E-state index < -0.39 is 0 Å². The van der Waals surface area contributed by atoms with Crippen LogP contribution in [-0.4, -0.2) is 15.9 Å². The monoisotopic (exact) mass is 368 g/mol. The Morgan fingerprint density at radius 1 is 0.957 bits per heavy atom. The first-order valence-corrected chi connectivity index (χ1v) is 7.72. The van der Waals surface area contributed by atoms with Crippen LogP contribution in [-0.2, 0) is 0 Å². The number of nitrogens with zero attached hydrogens (tertiary/aromatic N) is 2. The van der Waals surface area contributed by atoms with E-state index in [2.05, 4.69) is 36.5 Å². The van der Waals surface area contributed by atoms with Gasteiger partial charge in [-0.3, -0.25) is 4.79 Å². The van der Waals surface area contributed by atoms with Gasteiger partial charge in [-0.1, -0.05) is 30.3 Å². The fourth-order valence-corrected chi connectivity index (χ4v) is 2.35. The van der Waals surface area contributed by atoms with Crippen LogP contribution in [0.5, 0.6) is 0 Å². The van der Waals surface area contributed by atoms with Gasteiger partial charge in [0.05, 0.1) is 5.69 Å². The molecule has 0 unspecified atom stereocenters. The molecule has 0 radical (unpaired) electrons. The van der Waals surface area contributed by atoms with Gasteiger partial charge in [0.15, 0.2) is 0 Å². The number of halogens is 1. The third-order valence-electron chi connectivity index (χ3n) is 3.07. The number of carbonyl (C=O) groups is 1. The van der Waals surface area contributed by atoms with Crippen LogP contribution in [0.25, 0.3) is 0 Å². The molecular weight excluding hydrogens is 356 g/mol. The van der Waals surface area contributed by atoms with E-state index in [0.717, 1.165) is 15.8 Å². The first kappa shape index (κ1) is 15.2. The highest BCUT2D eigenvalue weighted by Gasteiger charge is 2.09. The van der Waals surface area contributed by atoms with E-state index in [9.17, 15) is 4.79 Å². The first-order chi connectivity index (χ1) is 11.2. The van der Waals surface area contributed by atoms with Crippen LogP contribution < -0.4 is 10.6 Å². The molecule has 0 aliphatic heterocycles. The van der Waals surface area contributed by atoms with E-state index in [1.807, 2.05) is 54.6 Å². The van der Waals surface area contributed by atoms with Gasteiger partial charge in [0, 0.05) is 16.2 Å². The number of para-hydroxylation sites is 2. The van der Waals surface area contributed by atoms with Gasteiger partial charge in [-0.05, 0) is 40.2 Å². The lowest BCUT2D eigenvalue weighted by Crippen LogP contribution is -2.14. The van der Waals surface area contributed by atoms with Crippen molar-refractivity contribution < 1.29 is 4.79 Å². The maximum atomic E-state index is 12.2. The summed E-state index contributed by atoms with van der Waals surface area (Å²) < 4.78 is 0.911. The molecule has 0 spiro atoms. The molecule has 23 heavy (non-hydrogen) atoms. The van der Waals surface area contributed by atoms with Crippen molar-refractivity contribution in [1.29, 1.82) is 0 Å². The molecule has 5 nitrogen and oxygen atoms in total. The Bertz CT molecular complexity index is 824. The normalized spacial score (nSPS) is 10.1. The smallest absolute Gasteiger partial charge is 0.274 e. The molecular formula is C17H13BrN4O. The number of rotatable bonds is 4. The zero-order valence-electron chi connectivity index (χ0n) is 12.0. The van der Waals surface area contributed by atoms with E-state index in [0.29, 0.717) is 11.5 Å². The molecule has 6 heteroatoms. The Labute approximate surface area is 141 Å². The fraction of sp³-hybridized carbons (Fsp3) is 0. The molecule has 0 bridgehead atoms. The van der Waals surface area contributed by atoms with Crippen LogP contribution in [0.3, 0.4) is 0 Å². The zero-order chi connectivity index (χ0) is 16.1. The Morgan fingerprint density at radius 2 is 1.70 bits per heavy atom. The van der Waals surface area contributed by atoms with Crippen LogP contribution in [0.1, 0.15) is 10.5 Å². The molecule has 2 N–H and O–H groups in total. The van der Waals surface area contributed by atoms with E-state index >= 15 is 0 Å². The molecule has 1 heterocycles. The molecule has 0 aliphatic carbocycles. The van der Waals surface area contributed by atoms with Crippen LogP contribution in [0, 0.1) is 0 Å². The molecule has 0 fully saturated rings. The fourth-order valence-electron chi connectivity index (χ4n) is 1.97. The molecule has 0 atom stereocenters. The predicted octanol–water partition coefficient (Wildman–Crippen LogP) is 4.24. The third-order valence-corrected chi connectivity index (χ3v) is 3.76. The van der Waals surface area contributed by atoms with Crippen LogP contribution in [0.2, 0.25) is 0 Å². The van der Waals surface area contributed by atoms with Gasteiger partial charge in [0.25, 0.3) is 5.91 Å². The maximum absolute atomic E-state index is 12.2. The molecule has 0 aliphatic rings. The topological polar surface area (TPSA) is 66.9 Å². The van der Waals surface area contributed by atoms with Crippen molar-refractivity contribution >= 4 is 39.0 Å². The summed E-state index contributed by atoms with van der Waals surface area (Å²) in [4.78, 5) is 20.4. The van der Waals surface area contributed by atoms with Gasteiger partial charge >= 0.3 is 0 Å². The molecule has 3 rings (SSSR count). The van der Waals surface area contributed by atoms with Gasteiger partial charge in [-0.15, -0.1) is 0 Å². The average Bonchev–Trinajstić information content (AvgIpc) is 2.58. The summed E-state index contributed by atoms with van der Waals surface area (Å²) in [5, 5.41) is 5.95. The number of hydrogen-bond donors (Lipinski definition) is 2. The molecule has 114 valence electrons. The summed E-state index contributed by atoms with van der Waals surface area (Å²) >= 11 is 3.46. The number of amides is 1. The van der Waals surface area contributed by atoms with Gasteiger partial charge in [-0.25, -0.2) is 9.97 Å². The number of nitrogens with one attached hydrogen (secondary N) is 2. The molecule has 2 aromatic carbocycles. The Balaban J connectivity index is 1.77. The van der Waals surface area contributed by atoms with Crippen LogP contribution in [0.15, 0.2) is 71.5 Å². The van der Waals surface area contributed by atoms with Gasteiger partial charge in [-0.2, -0.15) is 0 Å². The molecule has 0 saturated heterocycles. The molecule has 3 aromatic rings. The van der Waals surface area contributed by atoms with Crippen molar-refractivity contribution in [3.8, 4) is 0 Å². The number of aromatic nitrogens is 2. The lowest BCUT2D eigenvalue weighted by Gasteiger charge is -2.09. The highest BCUT2D eigenvalue weighted by atomic mass is 79.9. The highest BCUT2D eigenvalue weighted by Crippen LogP contribution is 2.24. The van der Waals surface area contributed by atoms with Gasteiger partial charge < -0.3 is 10.6 Å². The second kappa shape index (κ2) is 7.02. The second-order valence-electron chi connectivity index (χ2n) is 4.71. The minimum atomic E-state index is -0.284. The Kier molecular flexibility index (Phi) is 4.63. The van der Waals surface area contributed by atoms with E-state index in [4.69, 9.17) is 0 Å². The van der Waals surface area contributed by atoms with E-state index in [1.165, 1.54) is 6.33 Å². The number of carbonyl (C=O) groups excluding carboxylic acids is 1. The van der Waals surface area contributed by atoms with Crippen LogP contribution >= 0.6 is 15.9 Å². The van der Waals surface area contributed by atoms with Crippen molar-refractivity contribution in [3.63, 3.8) is 0 Å². The highest BCUT2D eigenvalue weighted by molar-refractivity contribution is 9.10. The SMILES string of the molecule is O=C(Nc1ccccc1)c1cc(Nc2ccccc2Br)ncn1.